The molecule has 0 amide bonds. The van der Waals surface area contributed by atoms with Gasteiger partial charge in [-0.05, 0) is 39.7 Å². The van der Waals surface area contributed by atoms with E-state index in [4.69, 9.17) is 10.3 Å². The van der Waals surface area contributed by atoms with Crippen molar-refractivity contribution in [3.05, 3.63) is 52.4 Å². The summed E-state index contributed by atoms with van der Waals surface area (Å²) < 4.78 is 46.4. The van der Waals surface area contributed by atoms with Crippen LogP contribution in [0, 0.1) is 0 Å². The smallest absolute Gasteiger partial charge is 0.466 e. The Bertz CT molecular complexity index is 586. The number of alkyl halides is 3. The van der Waals surface area contributed by atoms with Crippen LogP contribution in [0.15, 0.2) is 45.5 Å². The van der Waals surface area contributed by atoms with Crippen LogP contribution in [0.1, 0.15) is 17.4 Å². The third-order valence-electron chi connectivity index (χ3n) is 2.50. The number of rotatable bonds is 4. The molecule has 0 spiro atoms. The first-order valence-corrected chi connectivity index (χ1v) is 6.25. The lowest BCUT2D eigenvalue weighted by Gasteiger charge is -2.16. The van der Waals surface area contributed by atoms with Gasteiger partial charge < -0.3 is 9.15 Å². The van der Waals surface area contributed by atoms with E-state index in [1.165, 1.54) is 24.5 Å². The van der Waals surface area contributed by atoms with E-state index in [2.05, 4.69) is 26.1 Å². The molecule has 0 saturated heterocycles. The number of furan rings is 1. The summed E-state index contributed by atoms with van der Waals surface area (Å²) in [4.78, 5) is 0. The predicted octanol–water partition coefficient (Wildman–Crippen LogP) is 3.49. The Morgan fingerprint density at radius 1 is 1.30 bits per heavy atom. The van der Waals surface area contributed by atoms with E-state index in [1.54, 1.807) is 12.1 Å². The molecule has 0 saturated carbocycles. The van der Waals surface area contributed by atoms with Gasteiger partial charge in [0.05, 0.1) is 10.7 Å². The normalized spacial score (nSPS) is 13.2. The van der Waals surface area contributed by atoms with Gasteiger partial charge in [-0.1, -0.05) is 12.1 Å². The van der Waals surface area contributed by atoms with E-state index < -0.39 is 12.4 Å². The molecule has 0 bridgehead atoms. The van der Waals surface area contributed by atoms with Crippen LogP contribution in [0.3, 0.4) is 0 Å². The van der Waals surface area contributed by atoms with E-state index in [0.29, 0.717) is 15.8 Å². The Morgan fingerprint density at radius 2 is 2.05 bits per heavy atom. The monoisotopic (exact) mass is 350 g/mol. The summed E-state index contributed by atoms with van der Waals surface area (Å²) in [5.41, 5.74) is 2.97. The fourth-order valence-corrected chi connectivity index (χ4v) is 2.16. The molecular formula is C12H10BrF3N2O2. The third-order valence-corrected chi connectivity index (χ3v) is 3.15. The van der Waals surface area contributed by atoms with Crippen LogP contribution in [0.4, 0.5) is 13.2 Å². The second kappa shape index (κ2) is 5.86. The van der Waals surface area contributed by atoms with Gasteiger partial charge in [-0.15, -0.1) is 13.2 Å². The molecule has 1 aromatic carbocycles. The maximum Gasteiger partial charge on any atom is 0.573 e. The Hall–Kier alpha value is -1.51. The summed E-state index contributed by atoms with van der Waals surface area (Å²) in [6.07, 6.45) is -3.30. The Kier molecular flexibility index (Phi) is 4.36. The molecule has 1 aromatic heterocycles. The maximum atomic E-state index is 12.2. The number of hydrogen-bond acceptors (Lipinski definition) is 4. The average molecular weight is 351 g/mol. The number of nitrogens with one attached hydrogen (secondary N) is 1. The topological polar surface area (TPSA) is 60.4 Å². The summed E-state index contributed by atoms with van der Waals surface area (Å²) in [5, 5.41) is 0. The molecule has 0 aliphatic carbocycles. The maximum absolute atomic E-state index is 12.2. The predicted molar refractivity (Wildman–Crippen MR) is 68.7 cm³/mol. The Balaban J connectivity index is 2.32. The molecule has 4 nitrogen and oxygen atoms in total. The fraction of sp³-hybridized carbons (Fsp3) is 0.167. The molecule has 1 unspecified atom stereocenters. The Morgan fingerprint density at radius 3 is 2.60 bits per heavy atom. The number of ether oxygens (including phenoxy) is 1. The van der Waals surface area contributed by atoms with Crippen LogP contribution < -0.4 is 16.0 Å². The van der Waals surface area contributed by atoms with Crippen molar-refractivity contribution in [3.8, 4) is 5.75 Å². The second-order valence-corrected chi connectivity index (χ2v) is 4.71. The minimum atomic E-state index is -4.74. The molecule has 0 aliphatic heterocycles. The molecule has 108 valence electrons. The highest BCUT2D eigenvalue weighted by molar-refractivity contribution is 9.10. The molecule has 3 N–H and O–H groups in total. The molecule has 0 aliphatic rings. The molecule has 20 heavy (non-hydrogen) atoms. The van der Waals surface area contributed by atoms with Crippen LogP contribution in [-0.2, 0) is 0 Å². The second-order valence-electron chi connectivity index (χ2n) is 3.85. The highest BCUT2D eigenvalue weighted by Crippen LogP contribution is 2.31. The van der Waals surface area contributed by atoms with Gasteiger partial charge in [0.15, 0.2) is 0 Å². The van der Waals surface area contributed by atoms with Crippen molar-refractivity contribution in [1.82, 2.24) is 5.43 Å². The Labute approximate surface area is 120 Å². The summed E-state index contributed by atoms with van der Waals surface area (Å²) in [7, 11) is 0. The van der Waals surface area contributed by atoms with Crippen LogP contribution in [0.5, 0.6) is 5.75 Å². The van der Waals surface area contributed by atoms with Gasteiger partial charge in [-0.25, -0.2) is 5.43 Å². The first kappa shape index (κ1) is 14.9. The average Bonchev–Trinajstić information content (AvgIpc) is 2.75. The largest absolute Gasteiger partial charge is 0.573 e. The summed E-state index contributed by atoms with van der Waals surface area (Å²) >= 11 is 3.27. The van der Waals surface area contributed by atoms with Gasteiger partial charge >= 0.3 is 6.36 Å². The lowest BCUT2D eigenvalue weighted by Crippen LogP contribution is -2.28. The van der Waals surface area contributed by atoms with E-state index in [1.807, 2.05) is 0 Å². The number of hydrogen-bond donors (Lipinski definition) is 2. The van der Waals surface area contributed by atoms with Gasteiger partial charge in [0.25, 0.3) is 0 Å². The fourth-order valence-electron chi connectivity index (χ4n) is 1.73. The molecule has 0 radical (unpaired) electrons. The number of hydrazine groups is 1. The summed E-state index contributed by atoms with van der Waals surface area (Å²) in [6, 6.07) is 6.57. The van der Waals surface area contributed by atoms with Crippen LogP contribution in [0.25, 0.3) is 0 Å². The minimum absolute atomic E-state index is 0.321. The van der Waals surface area contributed by atoms with Crippen molar-refractivity contribution in [2.45, 2.75) is 12.4 Å². The van der Waals surface area contributed by atoms with Crippen molar-refractivity contribution >= 4 is 15.9 Å². The van der Waals surface area contributed by atoms with Gasteiger partial charge in [-0.2, -0.15) is 0 Å². The zero-order chi connectivity index (χ0) is 14.8. The minimum Gasteiger partial charge on any atom is -0.466 e. The van der Waals surface area contributed by atoms with Crippen LogP contribution >= 0.6 is 15.9 Å². The van der Waals surface area contributed by atoms with Crippen molar-refractivity contribution in [2.75, 3.05) is 0 Å². The standard InChI is InChI=1S/C12H10BrF3N2O2/c13-9-4-5-19-11(9)10(18-17)7-2-1-3-8(6-7)20-12(14,15)16/h1-6,10,18H,17H2. The van der Waals surface area contributed by atoms with Crippen molar-refractivity contribution in [2.24, 2.45) is 5.84 Å². The van der Waals surface area contributed by atoms with Gasteiger partial charge in [0.2, 0.25) is 0 Å². The lowest BCUT2D eigenvalue weighted by molar-refractivity contribution is -0.274. The van der Waals surface area contributed by atoms with E-state index in [9.17, 15) is 13.2 Å². The van der Waals surface area contributed by atoms with Crippen molar-refractivity contribution in [1.29, 1.82) is 0 Å². The van der Waals surface area contributed by atoms with Gasteiger partial charge in [0, 0.05) is 0 Å². The van der Waals surface area contributed by atoms with Gasteiger partial charge in [0.1, 0.15) is 17.6 Å². The summed E-state index contributed by atoms with van der Waals surface area (Å²) in [5.74, 6) is 5.58. The zero-order valence-corrected chi connectivity index (χ0v) is 11.5. The molecule has 0 fully saturated rings. The highest BCUT2D eigenvalue weighted by Gasteiger charge is 2.31. The van der Waals surface area contributed by atoms with Crippen LogP contribution in [0.2, 0.25) is 0 Å². The molecule has 1 atom stereocenters. The number of halogens is 4. The number of benzene rings is 1. The molecular weight excluding hydrogens is 341 g/mol. The van der Waals surface area contributed by atoms with Crippen LogP contribution in [-0.4, -0.2) is 6.36 Å². The first-order valence-electron chi connectivity index (χ1n) is 5.45. The molecule has 2 rings (SSSR count). The summed E-state index contributed by atoms with van der Waals surface area (Å²) in [6.45, 7) is 0. The first-order chi connectivity index (χ1) is 9.40. The van der Waals surface area contributed by atoms with Gasteiger partial charge in [-0.3, -0.25) is 5.84 Å². The zero-order valence-electron chi connectivity index (χ0n) is 9.95. The van der Waals surface area contributed by atoms with E-state index in [-0.39, 0.29) is 5.75 Å². The van der Waals surface area contributed by atoms with E-state index in [0.717, 1.165) is 0 Å². The quantitative estimate of drug-likeness (QED) is 0.654. The van der Waals surface area contributed by atoms with E-state index >= 15 is 0 Å². The highest BCUT2D eigenvalue weighted by atomic mass is 79.9. The lowest BCUT2D eigenvalue weighted by atomic mass is 10.1. The SMILES string of the molecule is NNC(c1cccc(OC(F)(F)F)c1)c1occc1Br. The molecule has 8 heteroatoms. The molecule has 2 aromatic rings. The van der Waals surface area contributed by atoms with Crippen molar-refractivity contribution in [3.63, 3.8) is 0 Å². The third kappa shape index (κ3) is 3.53. The van der Waals surface area contributed by atoms with Crippen molar-refractivity contribution < 1.29 is 22.3 Å². The number of nitrogens with two attached hydrogens (primary N) is 1. The molecule has 1 heterocycles.